The van der Waals surface area contributed by atoms with Crippen molar-refractivity contribution >= 4 is 56.3 Å². The molecule has 4 atom stereocenters. The summed E-state index contributed by atoms with van der Waals surface area (Å²) >= 11 is 3.01. The van der Waals surface area contributed by atoms with E-state index in [-0.39, 0.29) is 54.0 Å². The molecule has 4 aromatic carbocycles. The molecule has 1 fully saturated rings. The number of aromatic hydroxyl groups is 2. The number of benzene rings is 4. The Kier molecular flexibility index (Phi) is 18.3. The second kappa shape index (κ2) is 24.5. The number of β-amino-alcohol motifs (C(OH)–C–C–N with tert-alkyl or cyclic N) is 1. The van der Waals surface area contributed by atoms with Crippen molar-refractivity contribution in [2.24, 2.45) is 5.41 Å². The maximum Gasteiger partial charge on any atom is 0.246 e. The number of unbranched alkanes of at least 4 members (excludes halogenated alkanes) is 5. The van der Waals surface area contributed by atoms with Gasteiger partial charge < -0.3 is 40.5 Å². The molecule has 382 valence electrons. The number of aromatic nitrogens is 1. The Bertz CT molecular complexity index is 2780. The molecule has 0 unspecified atom stereocenters. The van der Waals surface area contributed by atoms with Crippen molar-refractivity contribution < 1.29 is 39.2 Å². The normalized spacial score (nSPS) is 15.7. The summed E-state index contributed by atoms with van der Waals surface area (Å²) in [5.41, 5.74) is 6.04. The number of amides is 3. The third kappa shape index (κ3) is 13.7. The highest BCUT2D eigenvalue weighted by atomic mass is 32.1. The summed E-state index contributed by atoms with van der Waals surface area (Å²) in [7, 11) is 0. The number of phenols is 2. The zero-order valence-electron chi connectivity index (χ0n) is 42.3. The number of carbonyl (C=O) groups excluding carboxylic acids is 4. The third-order valence-corrected chi connectivity index (χ3v) is 15.6. The number of likely N-dealkylation sites (tertiary alicyclic amines) is 1. The molecule has 15 heteroatoms. The molecule has 0 saturated carbocycles. The van der Waals surface area contributed by atoms with Crippen molar-refractivity contribution in [3.05, 3.63) is 119 Å². The average Bonchev–Trinajstić information content (AvgIpc) is 4.09. The zero-order valence-corrected chi connectivity index (χ0v) is 43.9. The van der Waals surface area contributed by atoms with E-state index in [9.17, 15) is 34.5 Å². The van der Waals surface area contributed by atoms with Crippen LogP contribution < -0.4 is 15.4 Å². The van der Waals surface area contributed by atoms with Gasteiger partial charge in [0.15, 0.2) is 5.78 Å². The largest absolute Gasteiger partial charge is 0.508 e. The number of thiophene rings is 1. The van der Waals surface area contributed by atoms with Crippen LogP contribution >= 0.6 is 22.7 Å². The van der Waals surface area contributed by atoms with Gasteiger partial charge in [-0.3, -0.25) is 19.2 Å². The molecule has 1 aliphatic rings. The van der Waals surface area contributed by atoms with Gasteiger partial charge in [0.1, 0.15) is 35.9 Å². The molecule has 5 N–H and O–H groups in total. The number of carbonyl (C=O) groups is 4. The van der Waals surface area contributed by atoms with Crippen LogP contribution in [0.3, 0.4) is 0 Å². The Morgan fingerprint density at radius 1 is 0.833 bits per heavy atom. The van der Waals surface area contributed by atoms with Gasteiger partial charge in [0, 0.05) is 52.0 Å². The van der Waals surface area contributed by atoms with Gasteiger partial charge in [0.05, 0.1) is 28.2 Å². The molecule has 72 heavy (non-hydrogen) atoms. The van der Waals surface area contributed by atoms with Crippen molar-refractivity contribution in [3.63, 3.8) is 0 Å². The van der Waals surface area contributed by atoms with E-state index in [0.717, 1.165) is 94.0 Å². The number of thiazole rings is 1. The number of nitrogens with zero attached hydrogens (tertiary/aromatic N) is 3. The van der Waals surface area contributed by atoms with E-state index in [2.05, 4.69) is 27.4 Å². The predicted octanol–water partition coefficient (Wildman–Crippen LogP) is 10.4. The minimum atomic E-state index is -0.863. The Hall–Kier alpha value is -6.13. The van der Waals surface area contributed by atoms with Gasteiger partial charge in [-0.15, -0.1) is 22.7 Å². The van der Waals surface area contributed by atoms with Crippen molar-refractivity contribution in [1.82, 2.24) is 25.4 Å². The molecular weight excluding hydrogens is 947 g/mol. The lowest BCUT2D eigenvalue weighted by molar-refractivity contribution is -0.144. The zero-order chi connectivity index (χ0) is 51.5. The third-order valence-electron chi connectivity index (χ3n) is 13.5. The number of nitrogens with one attached hydrogen (secondary N) is 2. The first kappa shape index (κ1) is 53.7. The van der Waals surface area contributed by atoms with Crippen LogP contribution in [0.4, 0.5) is 0 Å². The van der Waals surface area contributed by atoms with E-state index >= 15 is 0 Å². The fourth-order valence-corrected chi connectivity index (χ4v) is 11.3. The van der Waals surface area contributed by atoms with E-state index in [1.807, 2.05) is 76.5 Å². The summed E-state index contributed by atoms with van der Waals surface area (Å²) in [6, 6.07) is 24.9. The molecular formula is C57H69N5O8S2. The molecule has 0 spiro atoms. The second-order valence-corrected chi connectivity index (χ2v) is 21.8. The maximum absolute atomic E-state index is 14.1. The molecule has 0 aliphatic carbocycles. The van der Waals surface area contributed by atoms with Gasteiger partial charge in [0.25, 0.3) is 0 Å². The number of rotatable bonds is 23. The summed E-state index contributed by atoms with van der Waals surface area (Å²) < 4.78 is 6.90. The van der Waals surface area contributed by atoms with Gasteiger partial charge in [-0.1, -0.05) is 77.6 Å². The number of hydrogen-bond donors (Lipinski definition) is 5. The fraction of sp³-hybridized carbons (Fsp3) is 0.421. The van der Waals surface area contributed by atoms with E-state index in [1.54, 1.807) is 65.9 Å². The Morgan fingerprint density at radius 3 is 2.15 bits per heavy atom. The number of aliphatic hydroxyl groups excluding tert-OH is 1. The van der Waals surface area contributed by atoms with Crippen molar-refractivity contribution in [1.29, 1.82) is 0 Å². The monoisotopic (exact) mass is 1020 g/mol. The van der Waals surface area contributed by atoms with Crippen LogP contribution in [0, 0.1) is 12.3 Å². The Balaban J connectivity index is 0.797. The molecule has 0 bridgehead atoms. The number of hydrogen-bond acceptors (Lipinski definition) is 12. The quantitative estimate of drug-likeness (QED) is 0.0306. The Labute approximate surface area is 431 Å². The lowest BCUT2D eigenvalue weighted by atomic mass is 9.85. The summed E-state index contributed by atoms with van der Waals surface area (Å²) in [5, 5.41) is 37.5. The predicted molar refractivity (Wildman–Crippen MR) is 287 cm³/mol. The van der Waals surface area contributed by atoms with E-state index in [0.29, 0.717) is 36.3 Å². The van der Waals surface area contributed by atoms with Crippen LogP contribution in [0.25, 0.3) is 31.0 Å². The summed E-state index contributed by atoms with van der Waals surface area (Å²) in [6.45, 7) is 14.9. The first-order chi connectivity index (χ1) is 34.5. The number of fused-ring (bicyclic) bond motifs is 1. The first-order valence-corrected chi connectivity index (χ1v) is 26.8. The minimum Gasteiger partial charge on any atom is -0.508 e. The van der Waals surface area contributed by atoms with Gasteiger partial charge >= 0.3 is 0 Å². The highest BCUT2D eigenvalue weighted by molar-refractivity contribution is 7.22. The molecule has 3 heterocycles. The molecule has 2 aromatic heterocycles. The summed E-state index contributed by atoms with van der Waals surface area (Å²) in [5.74, 6) is -0.0764. The smallest absolute Gasteiger partial charge is 0.246 e. The van der Waals surface area contributed by atoms with Gasteiger partial charge in [-0.25, -0.2) is 4.98 Å². The summed E-state index contributed by atoms with van der Waals surface area (Å²) in [4.78, 5) is 65.1. The van der Waals surface area contributed by atoms with Crippen LogP contribution in [0.2, 0.25) is 0 Å². The molecule has 1 saturated heterocycles. The number of aryl methyl sites for hydroxylation is 1. The lowest BCUT2D eigenvalue weighted by Gasteiger charge is -2.35. The topological polar surface area (TPSA) is 182 Å². The number of ketones is 1. The standard InChI is InChI=1S/C57H69N5O8S2/c1-7-61(30-31-70-45-26-21-39(22-27-45)51(67)50-46-28-25-43(64)33-48(46)72-53(50)41-19-23-42(63)24-20-41)29-13-11-9-8-10-12-14-49(66)60-54(57(4,5)6)56(69)62-34-44(65)32-47(62)55(68)59-36(2)38-15-17-40(18-16-38)52-37(3)58-35-71-52/h15-28,33,35-36,44,47,54,63-65H,7-14,29-32,34H2,1-6H3,(H,59,68)(H,60,66)/t36-,44-,47-,54+/m0/s1. The van der Waals surface area contributed by atoms with Gasteiger partial charge in [-0.2, -0.15) is 0 Å². The minimum absolute atomic E-state index is 0.0232. The van der Waals surface area contributed by atoms with E-state index < -0.39 is 23.6 Å². The average molecular weight is 1020 g/mol. The molecule has 7 rings (SSSR count). The first-order valence-electron chi connectivity index (χ1n) is 25.1. The number of phenolic OH excluding ortho intramolecular Hbond substituents is 2. The van der Waals surface area contributed by atoms with E-state index in [1.165, 1.54) is 16.2 Å². The fourth-order valence-electron chi connectivity index (χ4n) is 9.27. The van der Waals surface area contributed by atoms with Gasteiger partial charge in [-0.05, 0) is 129 Å². The highest BCUT2D eigenvalue weighted by Gasteiger charge is 2.44. The van der Waals surface area contributed by atoms with Crippen LogP contribution in [0.15, 0.2) is 96.5 Å². The summed E-state index contributed by atoms with van der Waals surface area (Å²) in [6.07, 6.45) is 5.37. The van der Waals surface area contributed by atoms with Crippen LogP contribution in [0.5, 0.6) is 17.2 Å². The van der Waals surface area contributed by atoms with Crippen molar-refractivity contribution in [2.75, 3.05) is 32.8 Å². The molecule has 3 amide bonds. The number of aliphatic hydroxyl groups is 1. The van der Waals surface area contributed by atoms with Crippen molar-refractivity contribution in [2.45, 2.75) is 117 Å². The Morgan fingerprint density at radius 2 is 1.49 bits per heavy atom. The SMILES string of the molecule is CCN(CCCCCCCCC(=O)N[C@H](C(=O)N1C[C@@H](O)C[C@H]1C(=O)N[C@@H](C)c1ccc(-c2scnc2C)cc1)C(C)(C)C)CCOc1ccc(C(=O)c2c(-c3ccc(O)cc3)sc3cc(O)ccc23)cc1. The molecule has 1 aliphatic heterocycles. The van der Waals surface area contributed by atoms with E-state index in [4.69, 9.17) is 4.74 Å². The van der Waals surface area contributed by atoms with Crippen LogP contribution in [-0.2, 0) is 14.4 Å². The molecule has 13 nitrogen and oxygen atoms in total. The van der Waals surface area contributed by atoms with Crippen molar-refractivity contribution in [3.8, 4) is 38.1 Å². The lowest BCUT2D eigenvalue weighted by Crippen LogP contribution is -2.57. The van der Waals surface area contributed by atoms with Crippen LogP contribution in [-0.4, -0.2) is 105 Å². The maximum atomic E-state index is 14.1. The molecule has 0 radical (unpaired) electrons. The highest BCUT2D eigenvalue weighted by Crippen LogP contribution is 2.42. The van der Waals surface area contributed by atoms with Crippen LogP contribution in [0.1, 0.15) is 119 Å². The van der Waals surface area contributed by atoms with Gasteiger partial charge in [0.2, 0.25) is 17.7 Å². The number of likely N-dealkylation sites (N-methyl/N-ethyl adjacent to an activating group) is 1. The number of ether oxygens (including phenoxy) is 1. The molecule has 6 aromatic rings. The second-order valence-electron chi connectivity index (χ2n) is 19.9.